The Morgan fingerprint density at radius 2 is 1.90 bits per heavy atom. The van der Waals surface area contributed by atoms with Crippen LogP contribution in [0.4, 0.5) is 14.6 Å². The zero-order valence-electron chi connectivity index (χ0n) is 11.9. The van der Waals surface area contributed by atoms with Crippen LogP contribution in [0.3, 0.4) is 0 Å². The van der Waals surface area contributed by atoms with E-state index in [9.17, 15) is 8.78 Å². The third-order valence-electron chi connectivity index (χ3n) is 2.97. The third kappa shape index (κ3) is 3.56. The number of hydrogen-bond donors (Lipinski definition) is 1. The van der Waals surface area contributed by atoms with Gasteiger partial charge < -0.3 is 5.32 Å². The molecular formula is C15H16BrF2N3. The van der Waals surface area contributed by atoms with Gasteiger partial charge in [-0.2, -0.15) is 0 Å². The van der Waals surface area contributed by atoms with Crippen LogP contribution in [0.2, 0.25) is 0 Å². The molecule has 1 heterocycles. The van der Waals surface area contributed by atoms with Gasteiger partial charge in [0.15, 0.2) is 17.5 Å². The van der Waals surface area contributed by atoms with Crippen LogP contribution < -0.4 is 5.32 Å². The van der Waals surface area contributed by atoms with Crippen molar-refractivity contribution in [3.8, 4) is 11.4 Å². The largest absolute Gasteiger partial charge is 0.369 e. The van der Waals surface area contributed by atoms with Crippen LogP contribution in [0.1, 0.15) is 26.0 Å². The first-order valence-corrected chi connectivity index (χ1v) is 7.61. The van der Waals surface area contributed by atoms with E-state index in [0.29, 0.717) is 23.6 Å². The Bertz CT molecular complexity index is 647. The van der Waals surface area contributed by atoms with E-state index >= 15 is 0 Å². The van der Waals surface area contributed by atoms with Gasteiger partial charge in [-0.05, 0) is 47.0 Å². The molecule has 2 aromatic rings. The maximum Gasteiger partial charge on any atom is 0.161 e. The molecular weight excluding hydrogens is 340 g/mol. The smallest absolute Gasteiger partial charge is 0.161 e. The Morgan fingerprint density at radius 3 is 2.52 bits per heavy atom. The van der Waals surface area contributed by atoms with Crippen molar-refractivity contribution in [1.29, 1.82) is 0 Å². The molecule has 3 nitrogen and oxygen atoms in total. The molecule has 0 aliphatic rings. The second-order valence-electron chi connectivity index (χ2n) is 4.57. The summed E-state index contributed by atoms with van der Waals surface area (Å²) in [5, 5.41) is 3.21. The van der Waals surface area contributed by atoms with Crippen molar-refractivity contribution in [3.05, 3.63) is 40.0 Å². The fourth-order valence-electron chi connectivity index (χ4n) is 1.85. The van der Waals surface area contributed by atoms with Gasteiger partial charge >= 0.3 is 0 Å². The van der Waals surface area contributed by atoms with Gasteiger partial charge in [0.2, 0.25) is 0 Å². The maximum absolute atomic E-state index is 13.4. The summed E-state index contributed by atoms with van der Waals surface area (Å²) in [6.07, 6.45) is 1.67. The van der Waals surface area contributed by atoms with Gasteiger partial charge in [0, 0.05) is 12.1 Å². The lowest BCUT2D eigenvalue weighted by Gasteiger charge is -2.12. The lowest BCUT2D eigenvalue weighted by Crippen LogP contribution is -2.07. The number of hydrogen-bond acceptors (Lipinski definition) is 3. The molecule has 1 aromatic heterocycles. The van der Waals surface area contributed by atoms with E-state index in [2.05, 4.69) is 38.1 Å². The van der Waals surface area contributed by atoms with Gasteiger partial charge in [0.25, 0.3) is 0 Å². The molecule has 0 spiro atoms. The molecule has 112 valence electrons. The first-order valence-electron chi connectivity index (χ1n) is 6.82. The highest BCUT2D eigenvalue weighted by atomic mass is 79.9. The fraction of sp³-hybridized carbons (Fsp3) is 0.333. The molecule has 0 atom stereocenters. The number of halogens is 3. The molecule has 0 saturated heterocycles. The number of nitrogens with zero attached hydrogens (tertiary/aromatic N) is 2. The van der Waals surface area contributed by atoms with Crippen molar-refractivity contribution in [2.24, 2.45) is 0 Å². The number of aromatic nitrogens is 2. The predicted molar refractivity (Wildman–Crippen MR) is 83.2 cm³/mol. The van der Waals surface area contributed by atoms with Crippen molar-refractivity contribution in [3.63, 3.8) is 0 Å². The van der Waals surface area contributed by atoms with Crippen molar-refractivity contribution in [1.82, 2.24) is 9.97 Å². The van der Waals surface area contributed by atoms with Crippen LogP contribution in [0.15, 0.2) is 22.7 Å². The zero-order chi connectivity index (χ0) is 15.4. The lowest BCUT2D eigenvalue weighted by atomic mass is 10.2. The molecule has 6 heteroatoms. The molecule has 0 fully saturated rings. The van der Waals surface area contributed by atoms with E-state index < -0.39 is 11.6 Å². The molecule has 0 radical (unpaired) electrons. The van der Waals surface area contributed by atoms with Crippen LogP contribution in [0.25, 0.3) is 11.4 Å². The summed E-state index contributed by atoms with van der Waals surface area (Å²) in [5.41, 5.74) is 1.28. The van der Waals surface area contributed by atoms with Crippen molar-refractivity contribution in [2.45, 2.75) is 26.7 Å². The molecule has 0 bridgehead atoms. The number of benzene rings is 1. The minimum atomic E-state index is -0.903. The van der Waals surface area contributed by atoms with E-state index in [1.165, 1.54) is 6.07 Å². The average Bonchev–Trinajstić information content (AvgIpc) is 2.49. The Hall–Kier alpha value is -1.56. The molecule has 1 N–H and O–H groups in total. The van der Waals surface area contributed by atoms with Crippen molar-refractivity contribution in [2.75, 3.05) is 11.9 Å². The second kappa shape index (κ2) is 6.93. The van der Waals surface area contributed by atoms with Crippen molar-refractivity contribution >= 4 is 21.7 Å². The minimum Gasteiger partial charge on any atom is -0.369 e. The third-order valence-corrected chi connectivity index (χ3v) is 3.81. The van der Waals surface area contributed by atoms with E-state index in [0.717, 1.165) is 35.3 Å². The Kier molecular flexibility index (Phi) is 5.22. The highest BCUT2D eigenvalue weighted by molar-refractivity contribution is 9.10. The summed E-state index contributed by atoms with van der Waals surface area (Å²) in [4.78, 5) is 8.81. The quantitative estimate of drug-likeness (QED) is 0.853. The normalized spacial score (nSPS) is 10.7. The monoisotopic (exact) mass is 355 g/mol. The predicted octanol–water partition coefficient (Wildman–Crippen LogP) is 4.57. The maximum atomic E-state index is 13.4. The summed E-state index contributed by atoms with van der Waals surface area (Å²) in [5.74, 6) is -0.730. The van der Waals surface area contributed by atoms with E-state index in [1.807, 2.05) is 6.92 Å². The standard InChI is InChI=1S/C15H16BrF2N3/c1-3-7-19-15-13(16)12(4-2)20-14(21-15)9-5-6-10(17)11(18)8-9/h5-6,8H,3-4,7H2,1-2H3,(H,19,20,21). The topological polar surface area (TPSA) is 37.8 Å². The van der Waals surface area contributed by atoms with Gasteiger partial charge in [-0.25, -0.2) is 18.7 Å². The molecule has 0 amide bonds. The second-order valence-corrected chi connectivity index (χ2v) is 5.36. The summed E-state index contributed by atoms with van der Waals surface area (Å²) < 4.78 is 27.2. The van der Waals surface area contributed by atoms with Gasteiger partial charge in [-0.1, -0.05) is 13.8 Å². The summed E-state index contributed by atoms with van der Waals surface area (Å²) in [6, 6.07) is 3.67. The first kappa shape index (κ1) is 15.8. The van der Waals surface area contributed by atoms with E-state index in [-0.39, 0.29) is 0 Å². The molecule has 0 saturated carbocycles. The van der Waals surface area contributed by atoms with Gasteiger partial charge in [-0.3, -0.25) is 0 Å². The summed E-state index contributed by atoms with van der Waals surface area (Å²) in [6.45, 7) is 4.81. The van der Waals surface area contributed by atoms with Crippen LogP contribution in [0.5, 0.6) is 0 Å². The molecule has 0 aliphatic carbocycles. The molecule has 0 aliphatic heterocycles. The fourth-order valence-corrected chi connectivity index (χ4v) is 2.45. The van der Waals surface area contributed by atoms with E-state index in [4.69, 9.17) is 0 Å². The van der Waals surface area contributed by atoms with Crippen LogP contribution >= 0.6 is 15.9 Å². The zero-order valence-corrected chi connectivity index (χ0v) is 13.5. The highest BCUT2D eigenvalue weighted by Gasteiger charge is 2.13. The molecule has 1 aromatic carbocycles. The van der Waals surface area contributed by atoms with Gasteiger partial charge in [-0.15, -0.1) is 0 Å². The molecule has 0 unspecified atom stereocenters. The number of rotatable bonds is 5. The Labute approximate surface area is 131 Å². The Balaban J connectivity index is 2.49. The van der Waals surface area contributed by atoms with Gasteiger partial charge in [0.05, 0.1) is 10.2 Å². The number of anilines is 1. The first-order chi connectivity index (χ1) is 10.1. The van der Waals surface area contributed by atoms with Crippen molar-refractivity contribution < 1.29 is 8.78 Å². The lowest BCUT2D eigenvalue weighted by molar-refractivity contribution is 0.509. The summed E-state index contributed by atoms with van der Waals surface area (Å²) >= 11 is 3.48. The number of aryl methyl sites for hydroxylation is 1. The highest BCUT2D eigenvalue weighted by Crippen LogP contribution is 2.28. The Morgan fingerprint density at radius 1 is 1.14 bits per heavy atom. The van der Waals surface area contributed by atoms with E-state index in [1.54, 1.807) is 0 Å². The summed E-state index contributed by atoms with van der Waals surface area (Å²) in [7, 11) is 0. The SMILES string of the molecule is CCCNc1nc(-c2ccc(F)c(F)c2)nc(CC)c1Br. The van der Waals surface area contributed by atoms with Crippen LogP contribution in [-0.4, -0.2) is 16.5 Å². The molecule has 21 heavy (non-hydrogen) atoms. The van der Waals surface area contributed by atoms with Gasteiger partial charge in [0.1, 0.15) is 5.82 Å². The molecule has 2 rings (SSSR count). The van der Waals surface area contributed by atoms with Crippen LogP contribution in [0, 0.1) is 11.6 Å². The van der Waals surface area contributed by atoms with Crippen LogP contribution in [-0.2, 0) is 6.42 Å². The minimum absolute atomic E-state index is 0.382. The number of nitrogens with one attached hydrogen (secondary N) is 1. The average molecular weight is 356 g/mol.